The van der Waals surface area contributed by atoms with Gasteiger partial charge in [0.15, 0.2) is 5.13 Å². The van der Waals surface area contributed by atoms with E-state index in [9.17, 15) is 0 Å². The Morgan fingerprint density at radius 1 is 1.43 bits per heavy atom. The van der Waals surface area contributed by atoms with Gasteiger partial charge in [-0.2, -0.15) is 0 Å². The molecule has 1 saturated carbocycles. The molecule has 1 N–H and O–H groups in total. The maximum Gasteiger partial charge on any atom is 0.183 e. The van der Waals surface area contributed by atoms with Gasteiger partial charge in [0.1, 0.15) is 0 Å². The highest BCUT2D eigenvalue weighted by Crippen LogP contribution is 2.26. The summed E-state index contributed by atoms with van der Waals surface area (Å²) in [6, 6.07) is 0.682. The molecule has 1 aromatic heterocycles. The summed E-state index contributed by atoms with van der Waals surface area (Å²) < 4.78 is 0. The first-order valence-corrected chi connectivity index (χ1v) is 6.35. The van der Waals surface area contributed by atoms with E-state index in [1.54, 1.807) is 11.3 Å². The molecule has 0 aromatic carbocycles. The SMILES string of the molecule is CC(C)c1csc(NC2CCCC2)n1. The summed E-state index contributed by atoms with van der Waals surface area (Å²) in [5, 5.41) is 6.80. The van der Waals surface area contributed by atoms with Crippen LogP contribution in [-0.4, -0.2) is 11.0 Å². The van der Waals surface area contributed by atoms with Gasteiger partial charge in [0, 0.05) is 11.4 Å². The topological polar surface area (TPSA) is 24.9 Å². The summed E-state index contributed by atoms with van der Waals surface area (Å²) in [5.41, 5.74) is 1.22. The number of rotatable bonds is 3. The van der Waals surface area contributed by atoms with Crippen LogP contribution < -0.4 is 5.32 Å². The molecule has 0 radical (unpaired) electrons. The van der Waals surface area contributed by atoms with E-state index in [-0.39, 0.29) is 0 Å². The van der Waals surface area contributed by atoms with E-state index >= 15 is 0 Å². The predicted molar refractivity (Wildman–Crippen MR) is 62.1 cm³/mol. The van der Waals surface area contributed by atoms with Crippen molar-refractivity contribution < 1.29 is 0 Å². The molecule has 14 heavy (non-hydrogen) atoms. The smallest absolute Gasteiger partial charge is 0.183 e. The van der Waals surface area contributed by atoms with Crippen molar-refractivity contribution in [3.8, 4) is 0 Å². The maximum absolute atomic E-state index is 4.58. The highest BCUT2D eigenvalue weighted by molar-refractivity contribution is 7.13. The van der Waals surface area contributed by atoms with Crippen LogP contribution >= 0.6 is 11.3 Å². The maximum atomic E-state index is 4.58. The Bertz CT molecular complexity index is 287. The molecule has 0 atom stereocenters. The van der Waals surface area contributed by atoms with Crippen LogP contribution in [0.4, 0.5) is 5.13 Å². The van der Waals surface area contributed by atoms with Crippen LogP contribution in [0.15, 0.2) is 5.38 Å². The third-order valence-electron chi connectivity index (χ3n) is 2.80. The normalized spacial score (nSPS) is 17.9. The molecule has 0 spiro atoms. The standard InChI is InChI=1S/C11H18N2S/c1-8(2)10-7-14-11(13-10)12-9-5-3-4-6-9/h7-9H,3-6H2,1-2H3,(H,12,13). The van der Waals surface area contributed by atoms with Crippen molar-refractivity contribution in [3.63, 3.8) is 0 Å². The van der Waals surface area contributed by atoms with Gasteiger partial charge in [-0.3, -0.25) is 0 Å². The minimum atomic E-state index is 0.547. The molecule has 78 valence electrons. The molecule has 1 fully saturated rings. The van der Waals surface area contributed by atoms with E-state index in [0.29, 0.717) is 12.0 Å². The Labute approximate surface area is 89.8 Å². The summed E-state index contributed by atoms with van der Waals surface area (Å²) in [6.07, 6.45) is 5.38. The first-order chi connectivity index (χ1) is 6.75. The fourth-order valence-corrected chi connectivity index (χ4v) is 2.81. The van der Waals surface area contributed by atoms with Crippen molar-refractivity contribution in [2.75, 3.05) is 5.32 Å². The van der Waals surface area contributed by atoms with Gasteiger partial charge in [-0.15, -0.1) is 11.3 Å². The second-order valence-electron chi connectivity index (χ2n) is 4.36. The van der Waals surface area contributed by atoms with Crippen molar-refractivity contribution in [1.82, 2.24) is 4.98 Å². The third-order valence-corrected chi connectivity index (χ3v) is 3.59. The molecule has 0 amide bonds. The summed E-state index contributed by atoms with van der Waals surface area (Å²) in [6.45, 7) is 4.38. The lowest BCUT2D eigenvalue weighted by Gasteiger charge is -2.09. The monoisotopic (exact) mass is 210 g/mol. The number of hydrogen-bond acceptors (Lipinski definition) is 3. The van der Waals surface area contributed by atoms with Gasteiger partial charge in [0.05, 0.1) is 5.69 Å². The van der Waals surface area contributed by atoms with Crippen molar-refractivity contribution in [2.24, 2.45) is 0 Å². The Morgan fingerprint density at radius 3 is 2.71 bits per heavy atom. The molecule has 1 heterocycles. The van der Waals surface area contributed by atoms with Crippen LogP contribution in [0.5, 0.6) is 0 Å². The average molecular weight is 210 g/mol. The molecule has 0 saturated heterocycles. The number of anilines is 1. The van der Waals surface area contributed by atoms with Gasteiger partial charge >= 0.3 is 0 Å². The van der Waals surface area contributed by atoms with Crippen LogP contribution in [-0.2, 0) is 0 Å². The molecule has 1 aromatic rings. The van der Waals surface area contributed by atoms with Crippen molar-refractivity contribution in [2.45, 2.75) is 51.5 Å². The zero-order valence-electron chi connectivity index (χ0n) is 8.92. The highest BCUT2D eigenvalue weighted by Gasteiger charge is 2.16. The zero-order valence-corrected chi connectivity index (χ0v) is 9.73. The molecular formula is C11H18N2S. The zero-order chi connectivity index (χ0) is 9.97. The molecule has 0 bridgehead atoms. The Kier molecular flexibility index (Phi) is 3.06. The first-order valence-electron chi connectivity index (χ1n) is 5.47. The fraction of sp³-hybridized carbons (Fsp3) is 0.727. The molecule has 0 unspecified atom stereocenters. The Morgan fingerprint density at radius 2 is 2.14 bits per heavy atom. The lowest BCUT2D eigenvalue weighted by molar-refractivity contribution is 0.750. The number of nitrogens with zero attached hydrogens (tertiary/aromatic N) is 1. The molecule has 2 rings (SSSR count). The summed E-state index contributed by atoms with van der Waals surface area (Å²) in [4.78, 5) is 4.58. The molecular weight excluding hydrogens is 192 g/mol. The number of nitrogens with one attached hydrogen (secondary N) is 1. The Balaban J connectivity index is 1.95. The first kappa shape index (κ1) is 9.97. The third kappa shape index (κ3) is 2.27. The van der Waals surface area contributed by atoms with E-state index in [2.05, 4.69) is 29.5 Å². The van der Waals surface area contributed by atoms with E-state index in [1.165, 1.54) is 31.4 Å². The number of aromatic nitrogens is 1. The van der Waals surface area contributed by atoms with Gasteiger partial charge < -0.3 is 5.32 Å². The van der Waals surface area contributed by atoms with Crippen LogP contribution in [0.1, 0.15) is 51.1 Å². The molecule has 0 aliphatic heterocycles. The van der Waals surface area contributed by atoms with Gasteiger partial charge in [-0.1, -0.05) is 26.7 Å². The van der Waals surface area contributed by atoms with E-state index < -0.39 is 0 Å². The highest BCUT2D eigenvalue weighted by atomic mass is 32.1. The average Bonchev–Trinajstić information content (AvgIpc) is 2.75. The summed E-state index contributed by atoms with van der Waals surface area (Å²) >= 11 is 1.74. The quantitative estimate of drug-likeness (QED) is 0.824. The van der Waals surface area contributed by atoms with Crippen LogP contribution in [0, 0.1) is 0 Å². The molecule has 1 aliphatic rings. The second kappa shape index (κ2) is 4.30. The lowest BCUT2D eigenvalue weighted by atomic mass is 10.2. The fourth-order valence-electron chi connectivity index (χ4n) is 1.86. The van der Waals surface area contributed by atoms with E-state index in [4.69, 9.17) is 0 Å². The van der Waals surface area contributed by atoms with E-state index in [1.807, 2.05) is 0 Å². The largest absolute Gasteiger partial charge is 0.359 e. The summed E-state index contributed by atoms with van der Waals surface area (Å²) in [5.74, 6) is 0.547. The molecule has 3 heteroatoms. The predicted octanol–water partition coefficient (Wildman–Crippen LogP) is 3.62. The van der Waals surface area contributed by atoms with Crippen molar-refractivity contribution >= 4 is 16.5 Å². The minimum Gasteiger partial charge on any atom is -0.359 e. The lowest BCUT2D eigenvalue weighted by Crippen LogP contribution is -2.14. The summed E-state index contributed by atoms with van der Waals surface area (Å²) in [7, 11) is 0. The van der Waals surface area contributed by atoms with Gasteiger partial charge in [0.25, 0.3) is 0 Å². The number of thiazole rings is 1. The van der Waals surface area contributed by atoms with Gasteiger partial charge in [-0.25, -0.2) is 4.98 Å². The minimum absolute atomic E-state index is 0.547. The van der Waals surface area contributed by atoms with Gasteiger partial charge in [-0.05, 0) is 18.8 Å². The van der Waals surface area contributed by atoms with Crippen LogP contribution in [0.3, 0.4) is 0 Å². The van der Waals surface area contributed by atoms with Crippen LogP contribution in [0.2, 0.25) is 0 Å². The van der Waals surface area contributed by atoms with E-state index in [0.717, 1.165) is 5.13 Å². The number of hydrogen-bond donors (Lipinski definition) is 1. The molecule has 2 nitrogen and oxygen atoms in total. The Hall–Kier alpha value is -0.570. The molecule has 1 aliphatic carbocycles. The van der Waals surface area contributed by atoms with Gasteiger partial charge in [0.2, 0.25) is 0 Å². The second-order valence-corrected chi connectivity index (χ2v) is 5.22. The van der Waals surface area contributed by atoms with Crippen LogP contribution in [0.25, 0.3) is 0 Å². The van der Waals surface area contributed by atoms with Crippen molar-refractivity contribution in [3.05, 3.63) is 11.1 Å². The van der Waals surface area contributed by atoms with Crippen molar-refractivity contribution in [1.29, 1.82) is 0 Å².